The summed E-state index contributed by atoms with van der Waals surface area (Å²) in [6.45, 7) is 4.25. The van der Waals surface area contributed by atoms with Gasteiger partial charge in [-0.3, -0.25) is 4.68 Å². The lowest BCUT2D eigenvalue weighted by Gasteiger charge is -2.09. The molecule has 0 bridgehead atoms. The standard InChI is InChI=1S/C18H18N6/c1-12-13(2)21-22-18(16(12)9-19)20-10-15-11-24(3)23-17(15)14-7-5-4-6-8-14/h4-8,11H,10H2,1-3H3,(H,20,22). The molecule has 2 heterocycles. The molecular formula is C18H18N6. The molecule has 6 heteroatoms. The number of nitrogens with zero attached hydrogens (tertiary/aromatic N) is 5. The highest BCUT2D eigenvalue weighted by Crippen LogP contribution is 2.23. The van der Waals surface area contributed by atoms with Crippen LogP contribution in [0, 0.1) is 25.2 Å². The van der Waals surface area contributed by atoms with E-state index < -0.39 is 0 Å². The zero-order valence-corrected chi connectivity index (χ0v) is 13.9. The Kier molecular flexibility index (Phi) is 4.25. The van der Waals surface area contributed by atoms with Crippen molar-refractivity contribution in [1.29, 1.82) is 5.26 Å². The third kappa shape index (κ3) is 2.97. The molecule has 0 amide bonds. The number of aromatic nitrogens is 4. The summed E-state index contributed by atoms with van der Waals surface area (Å²) in [6.07, 6.45) is 1.97. The van der Waals surface area contributed by atoms with Gasteiger partial charge in [0.05, 0.1) is 11.4 Å². The molecule has 3 aromatic rings. The summed E-state index contributed by atoms with van der Waals surface area (Å²) < 4.78 is 1.79. The number of nitrogens with one attached hydrogen (secondary N) is 1. The first kappa shape index (κ1) is 15.7. The van der Waals surface area contributed by atoms with E-state index in [2.05, 4.69) is 26.7 Å². The van der Waals surface area contributed by atoms with Gasteiger partial charge in [0.15, 0.2) is 5.82 Å². The summed E-state index contributed by atoms with van der Waals surface area (Å²) in [5.41, 5.74) is 5.16. The summed E-state index contributed by atoms with van der Waals surface area (Å²) in [5, 5.41) is 25.4. The van der Waals surface area contributed by atoms with Gasteiger partial charge in [0, 0.05) is 30.9 Å². The van der Waals surface area contributed by atoms with Crippen molar-refractivity contribution >= 4 is 5.82 Å². The molecule has 6 nitrogen and oxygen atoms in total. The van der Waals surface area contributed by atoms with Gasteiger partial charge < -0.3 is 5.32 Å². The molecular weight excluding hydrogens is 300 g/mol. The van der Waals surface area contributed by atoms with E-state index in [0.29, 0.717) is 17.9 Å². The fraction of sp³-hybridized carbons (Fsp3) is 0.222. The molecule has 0 unspecified atom stereocenters. The average Bonchev–Trinajstić information content (AvgIpc) is 2.97. The minimum Gasteiger partial charge on any atom is -0.363 e. The summed E-state index contributed by atoms with van der Waals surface area (Å²) in [4.78, 5) is 0. The van der Waals surface area contributed by atoms with Crippen LogP contribution >= 0.6 is 0 Å². The Balaban J connectivity index is 1.89. The Bertz CT molecular complexity index is 905. The Morgan fingerprint density at radius 1 is 1.17 bits per heavy atom. The number of anilines is 1. The molecule has 0 saturated carbocycles. The van der Waals surface area contributed by atoms with E-state index in [1.54, 1.807) is 4.68 Å². The molecule has 0 spiro atoms. The van der Waals surface area contributed by atoms with Gasteiger partial charge in [-0.1, -0.05) is 30.3 Å². The van der Waals surface area contributed by atoms with Crippen molar-refractivity contribution in [3.8, 4) is 17.3 Å². The van der Waals surface area contributed by atoms with Crippen LogP contribution in [-0.4, -0.2) is 20.0 Å². The van der Waals surface area contributed by atoms with E-state index in [4.69, 9.17) is 0 Å². The molecule has 1 N–H and O–H groups in total. The predicted molar refractivity (Wildman–Crippen MR) is 92.2 cm³/mol. The first-order chi connectivity index (χ1) is 11.6. The summed E-state index contributed by atoms with van der Waals surface area (Å²) in [7, 11) is 1.90. The monoisotopic (exact) mass is 318 g/mol. The largest absolute Gasteiger partial charge is 0.363 e. The number of nitriles is 1. The van der Waals surface area contributed by atoms with Crippen LogP contribution in [0.15, 0.2) is 36.5 Å². The number of aryl methyl sites for hydroxylation is 2. The number of hydrogen-bond donors (Lipinski definition) is 1. The fourth-order valence-corrected chi connectivity index (χ4v) is 2.55. The van der Waals surface area contributed by atoms with Crippen molar-refractivity contribution in [3.05, 3.63) is 58.9 Å². The van der Waals surface area contributed by atoms with Crippen LogP contribution < -0.4 is 5.32 Å². The smallest absolute Gasteiger partial charge is 0.167 e. The average molecular weight is 318 g/mol. The topological polar surface area (TPSA) is 79.4 Å². The number of rotatable bonds is 4. The number of benzene rings is 1. The lowest BCUT2D eigenvalue weighted by atomic mass is 10.1. The summed E-state index contributed by atoms with van der Waals surface area (Å²) >= 11 is 0. The van der Waals surface area contributed by atoms with E-state index in [1.165, 1.54) is 0 Å². The maximum atomic E-state index is 9.38. The Hall–Kier alpha value is -3.20. The predicted octanol–water partition coefficient (Wildman–Crippen LogP) is 2.98. The Morgan fingerprint density at radius 2 is 1.92 bits per heavy atom. The van der Waals surface area contributed by atoms with Gasteiger partial charge in [-0.2, -0.15) is 15.5 Å². The summed E-state index contributed by atoms with van der Waals surface area (Å²) in [5.74, 6) is 0.503. The van der Waals surface area contributed by atoms with Crippen LogP contribution in [0.2, 0.25) is 0 Å². The highest BCUT2D eigenvalue weighted by atomic mass is 15.3. The van der Waals surface area contributed by atoms with Crippen LogP contribution in [0.1, 0.15) is 22.4 Å². The third-order valence-electron chi connectivity index (χ3n) is 3.96. The van der Waals surface area contributed by atoms with Gasteiger partial charge in [0.1, 0.15) is 11.6 Å². The highest BCUT2D eigenvalue weighted by Gasteiger charge is 2.13. The molecule has 0 aliphatic heterocycles. The normalized spacial score (nSPS) is 10.4. The van der Waals surface area contributed by atoms with Crippen molar-refractivity contribution in [2.45, 2.75) is 20.4 Å². The van der Waals surface area contributed by atoms with E-state index in [1.807, 2.05) is 57.4 Å². The maximum Gasteiger partial charge on any atom is 0.167 e. The van der Waals surface area contributed by atoms with Crippen molar-refractivity contribution in [2.24, 2.45) is 7.05 Å². The summed E-state index contributed by atoms with van der Waals surface area (Å²) in [6, 6.07) is 12.2. The molecule has 0 aliphatic rings. The lowest BCUT2D eigenvalue weighted by Crippen LogP contribution is -2.07. The second-order valence-corrected chi connectivity index (χ2v) is 5.64. The maximum absolute atomic E-state index is 9.38. The molecule has 1 aromatic carbocycles. The van der Waals surface area contributed by atoms with Gasteiger partial charge in [0.2, 0.25) is 0 Å². The molecule has 0 aliphatic carbocycles. The van der Waals surface area contributed by atoms with Crippen LogP contribution in [0.5, 0.6) is 0 Å². The van der Waals surface area contributed by atoms with Crippen LogP contribution in [0.3, 0.4) is 0 Å². The van der Waals surface area contributed by atoms with Crippen LogP contribution in [0.4, 0.5) is 5.82 Å². The molecule has 0 saturated heterocycles. The van der Waals surface area contributed by atoms with E-state index in [9.17, 15) is 5.26 Å². The van der Waals surface area contributed by atoms with E-state index in [0.717, 1.165) is 28.1 Å². The lowest BCUT2D eigenvalue weighted by molar-refractivity contribution is 0.770. The first-order valence-electron chi connectivity index (χ1n) is 7.66. The molecule has 0 radical (unpaired) electrons. The van der Waals surface area contributed by atoms with E-state index >= 15 is 0 Å². The van der Waals surface area contributed by atoms with Crippen molar-refractivity contribution in [2.75, 3.05) is 5.32 Å². The Morgan fingerprint density at radius 3 is 2.62 bits per heavy atom. The zero-order chi connectivity index (χ0) is 17.1. The van der Waals surface area contributed by atoms with Crippen molar-refractivity contribution in [3.63, 3.8) is 0 Å². The molecule has 2 aromatic heterocycles. The van der Waals surface area contributed by atoms with Gasteiger partial charge in [0.25, 0.3) is 0 Å². The van der Waals surface area contributed by atoms with Crippen LogP contribution in [-0.2, 0) is 13.6 Å². The van der Waals surface area contributed by atoms with E-state index in [-0.39, 0.29) is 0 Å². The fourth-order valence-electron chi connectivity index (χ4n) is 2.55. The molecule has 120 valence electrons. The van der Waals surface area contributed by atoms with Gasteiger partial charge >= 0.3 is 0 Å². The number of hydrogen-bond acceptors (Lipinski definition) is 5. The van der Waals surface area contributed by atoms with Gasteiger partial charge in [-0.25, -0.2) is 0 Å². The third-order valence-corrected chi connectivity index (χ3v) is 3.96. The first-order valence-corrected chi connectivity index (χ1v) is 7.66. The van der Waals surface area contributed by atoms with Crippen LogP contribution in [0.25, 0.3) is 11.3 Å². The second kappa shape index (κ2) is 6.50. The Labute approximate surface area is 140 Å². The highest BCUT2D eigenvalue weighted by molar-refractivity contribution is 5.63. The zero-order valence-electron chi connectivity index (χ0n) is 13.9. The van der Waals surface area contributed by atoms with Gasteiger partial charge in [-0.05, 0) is 19.4 Å². The van der Waals surface area contributed by atoms with Crippen molar-refractivity contribution < 1.29 is 0 Å². The second-order valence-electron chi connectivity index (χ2n) is 5.64. The minimum absolute atomic E-state index is 0.503. The molecule has 0 atom stereocenters. The quantitative estimate of drug-likeness (QED) is 0.800. The van der Waals surface area contributed by atoms with Crippen molar-refractivity contribution in [1.82, 2.24) is 20.0 Å². The molecule has 3 rings (SSSR count). The molecule has 24 heavy (non-hydrogen) atoms. The molecule has 0 fully saturated rings. The van der Waals surface area contributed by atoms with Gasteiger partial charge in [-0.15, -0.1) is 5.10 Å². The minimum atomic E-state index is 0.503. The SMILES string of the molecule is Cc1nnc(NCc2cn(C)nc2-c2ccccc2)c(C#N)c1C.